The smallest absolute Gasteiger partial charge is 0.330 e. The highest BCUT2D eigenvalue weighted by Crippen LogP contribution is 2.51. The predicted molar refractivity (Wildman–Crippen MR) is 105 cm³/mol. The van der Waals surface area contributed by atoms with E-state index in [4.69, 9.17) is 14.2 Å². The number of hydrogen-bond acceptors (Lipinski definition) is 4. The summed E-state index contributed by atoms with van der Waals surface area (Å²) < 4.78 is 18.3. The second-order valence-electron chi connectivity index (χ2n) is 7.07. The van der Waals surface area contributed by atoms with Gasteiger partial charge in [-0.05, 0) is 43.2 Å². The predicted octanol–water partition coefficient (Wildman–Crippen LogP) is 4.47. The zero-order valence-electron chi connectivity index (χ0n) is 16.1. The molecule has 0 spiro atoms. The van der Waals surface area contributed by atoms with E-state index in [0.29, 0.717) is 0 Å². The molecular weight excluding hydrogens is 340 g/mol. The van der Waals surface area contributed by atoms with Crippen molar-refractivity contribution < 1.29 is 19.0 Å². The summed E-state index contributed by atoms with van der Waals surface area (Å²) in [6, 6.07) is 9.97. The number of benzene rings is 1. The molecule has 4 heteroatoms. The van der Waals surface area contributed by atoms with Crippen molar-refractivity contribution in [3.8, 4) is 0 Å². The van der Waals surface area contributed by atoms with Crippen LogP contribution in [0.15, 0.2) is 66.8 Å². The molecule has 1 fully saturated rings. The fourth-order valence-electron chi connectivity index (χ4n) is 4.50. The summed E-state index contributed by atoms with van der Waals surface area (Å²) in [6.07, 6.45) is 11.4. The monoisotopic (exact) mass is 368 g/mol. The molecule has 0 aromatic heterocycles. The lowest BCUT2D eigenvalue weighted by Crippen LogP contribution is -2.62. The highest BCUT2D eigenvalue weighted by molar-refractivity contribution is 5.81. The van der Waals surface area contributed by atoms with Crippen LogP contribution in [-0.4, -0.2) is 31.9 Å². The van der Waals surface area contributed by atoms with E-state index in [9.17, 15) is 4.79 Å². The molecule has 3 unspecified atom stereocenters. The first kappa shape index (κ1) is 19.6. The molecule has 0 N–H and O–H groups in total. The van der Waals surface area contributed by atoms with Crippen LogP contribution < -0.4 is 0 Å². The quantitative estimate of drug-likeness (QED) is 0.549. The third-order valence-electron chi connectivity index (χ3n) is 5.82. The molecule has 3 rings (SSSR count). The number of rotatable bonds is 6. The SMILES string of the molecule is C=CC(=O)OC1C(OC)(C2=CCCC=C2)CCCC1(OC)c1ccccc1. The van der Waals surface area contributed by atoms with Gasteiger partial charge in [-0.15, -0.1) is 0 Å². The number of hydrogen-bond donors (Lipinski definition) is 0. The molecular formula is C23H28O4. The van der Waals surface area contributed by atoms with Crippen LogP contribution in [-0.2, 0) is 24.6 Å². The Labute approximate surface area is 161 Å². The standard InChI is InChI=1S/C23H28O4/c1-4-20(24)27-21-22(25-2,18-12-7-5-8-13-18)16-11-17-23(21,26-3)19-14-9-6-10-15-19/h4-5,7-9,12-15,21H,1,6,10-11,16-17H2,2-3H3. The van der Waals surface area contributed by atoms with Crippen LogP contribution in [0.5, 0.6) is 0 Å². The fourth-order valence-corrected chi connectivity index (χ4v) is 4.50. The highest BCUT2D eigenvalue weighted by Gasteiger charge is 2.59. The molecule has 3 atom stereocenters. The van der Waals surface area contributed by atoms with E-state index in [1.165, 1.54) is 6.08 Å². The maximum absolute atomic E-state index is 12.3. The Morgan fingerprint density at radius 3 is 2.41 bits per heavy atom. The average molecular weight is 368 g/mol. The Morgan fingerprint density at radius 1 is 1.11 bits per heavy atom. The molecule has 2 aliphatic rings. The van der Waals surface area contributed by atoms with Crippen LogP contribution in [0.3, 0.4) is 0 Å². The van der Waals surface area contributed by atoms with Gasteiger partial charge in [-0.3, -0.25) is 0 Å². The summed E-state index contributed by atoms with van der Waals surface area (Å²) in [5.74, 6) is -0.471. The molecule has 0 saturated heterocycles. The minimum atomic E-state index is -0.791. The van der Waals surface area contributed by atoms with E-state index >= 15 is 0 Å². The van der Waals surface area contributed by atoms with Crippen LogP contribution in [0.4, 0.5) is 0 Å². The van der Waals surface area contributed by atoms with Gasteiger partial charge in [0.1, 0.15) is 11.2 Å². The van der Waals surface area contributed by atoms with Gasteiger partial charge in [-0.1, -0.05) is 55.1 Å². The topological polar surface area (TPSA) is 44.8 Å². The molecule has 1 aromatic carbocycles. The second kappa shape index (κ2) is 8.24. The maximum Gasteiger partial charge on any atom is 0.330 e. The summed E-state index contributed by atoms with van der Waals surface area (Å²) in [7, 11) is 3.37. The van der Waals surface area contributed by atoms with Gasteiger partial charge in [0.05, 0.1) is 0 Å². The van der Waals surface area contributed by atoms with E-state index in [1.54, 1.807) is 14.2 Å². The molecule has 27 heavy (non-hydrogen) atoms. The van der Waals surface area contributed by atoms with Crippen molar-refractivity contribution >= 4 is 5.97 Å². The van der Waals surface area contributed by atoms with Gasteiger partial charge in [0.15, 0.2) is 6.10 Å². The Bertz CT molecular complexity index is 736. The lowest BCUT2D eigenvalue weighted by Gasteiger charge is -2.53. The van der Waals surface area contributed by atoms with Gasteiger partial charge in [0, 0.05) is 20.3 Å². The molecule has 0 heterocycles. The third kappa shape index (κ3) is 3.40. The molecule has 144 valence electrons. The average Bonchev–Trinajstić information content (AvgIpc) is 2.75. The summed E-state index contributed by atoms with van der Waals surface area (Å²) in [5.41, 5.74) is 0.478. The van der Waals surface area contributed by atoms with Crippen LogP contribution >= 0.6 is 0 Å². The van der Waals surface area contributed by atoms with E-state index < -0.39 is 23.3 Å². The van der Waals surface area contributed by atoms with Gasteiger partial charge in [-0.25, -0.2) is 4.79 Å². The molecule has 1 aromatic rings. The van der Waals surface area contributed by atoms with Crippen LogP contribution in [0.1, 0.15) is 37.7 Å². The van der Waals surface area contributed by atoms with Gasteiger partial charge in [-0.2, -0.15) is 0 Å². The Balaban J connectivity index is 2.17. The van der Waals surface area contributed by atoms with Gasteiger partial charge < -0.3 is 14.2 Å². The minimum absolute atomic E-state index is 0.471. The van der Waals surface area contributed by atoms with Crippen molar-refractivity contribution in [2.45, 2.75) is 49.4 Å². The number of esters is 1. The van der Waals surface area contributed by atoms with E-state index in [0.717, 1.165) is 43.2 Å². The minimum Gasteiger partial charge on any atom is -0.452 e. The number of carbonyl (C=O) groups excluding carboxylic acids is 1. The van der Waals surface area contributed by atoms with Crippen molar-refractivity contribution in [3.63, 3.8) is 0 Å². The first-order chi connectivity index (χ1) is 13.1. The second-order valence-corrected chi connectivity index (χ2v) is 7.07. The van der Waals surface area contributed by atoms with Crippen LogP contribution in [0, 0.1) is 0 Å². The normalized spacial score (nSPS) is 30.4. The van der Waals surface area contributed by atoms with Gasteiger partial charge in [0.25, 0.3) is 0 Å². The fraction of sp³-hybridized carbons (Fsp3) is 0.435. The van der Waals surface area contributed by atoms with E-state index in [1.807, 2.05) is 30.3 Å². The summed E-state index contributed by atoms with van der Waals surface area (Å²) in [5, 5.41) is 0. The first-order valence-corrected chi connectivity index (χ1v) is 9.49. The molecule has 0 amide bonds. The Hall–Kier alpha value is -2.17. The van der Waals surface area contributed by atoms with E-state index in [-0.39, 0.29) is 0 Å². The third-order valence-corrected chi connectivity index (χ3v) is 5.82. The zero-order valence-corrected chi connectivity index (χ0v) is 16.1. The van der Waals surface area contributed by atoms with Crippen LogP contribution in [0.25, 0.3) is 0 Å². The number of methoxy groups -OCH3 is 2. The zero-order chi connectivity index (χ0) is 19.3. The van der Waals surface area contributed by atoms with Crippen LogP contribution in [0.2, 0.25) is 0 Å². The molecule has 0 bridgehead atoms. The van der Waals surface area contributed by atoms with E-state index in [2.05, 4.69) is 24.8 Å². The number of allylic oxidation sites excluding steroid dienone is 2. The molecule has 2 aliphatic carbocycles. The highest BCUT2D eigenvalue weighted by atomic mass is 16.6. The molecule has 0 aliphatic heterocycles. The lowest BCUT2D eigenvalue weighted by atomic mass is 9.65. The molecule has 0 radical (unpaired) electrons. The summed E-state index contributed by atoms with van der Waals surface area (Å²) in [6.45, 7) is 3.57. The number of ether oxygens (including phenoxy) is 3. The van der Waals surface area contributed by atoms with Crippen molar-refractivity contribution in [2.24, 2.45) is 0 Å². The van der Waals surface area contributed by atoms with Crippen molar-refractivity contribution in [1.29, 1.82) is 0 Å². The Kier molecular flexibility index (Phi) is 5.98. The van der Waals surface area contributed by atoms with Gasteiger partial charge in [0.2, 0.25) is 0 Å². The van der Waals surface area contributed by atoms with Crippen molar-refractivity contribution in [1.82, 2.24) is 0 Å². The summed E-state index contributed by atoms with van der Waals surface area (Å²) >= 11 is 0. The van der Waals surface area contributed by atoms with Gasteiger partial charge >= 0.3 is 5.97 Å². The molecule has 1 saturated carbocycles. The maximum atomic E-state index is 12.3. The summed E-state index contributed by atoms with van der Waals surface area (Å²) in [4.78, 5) is 12.3. The van der Waals surface area contributed by atoms with Crippen molar-refractivity contribution in [3.05, 3.63) is 72.4 Å². The lowest BCUT2D eigenvalue weighted by molar-refractivity contribution is -0.226. The first-order valence-electron chi connectivity index (χ1n) is 9.49. The number of carbonyl (C=O) groups is 1. The largest absolute Gasteiger partial charge is 0.452 e. The molecule has 4 nitrogen and oxygen atoms in total. The Morgan fingerprint density at radius 2 is 1.81 bits per heavy atom. The van der Waals surface area contributed by atoms with Crippen molar-refractivity contribution in [2.75, 3.05) is 14.2 Å².